The van der Waals surface area contributed by atoms with Crippen LogP contribution < -0.4 is 0 Å². The molecule has 3 atom stereocenters. The smallest absolute Gasteiger partial charge is 0.309 e. The molecule has 2 aliphatic heterocycles. The lowest BCUT2D eigenvalue weighted by molar-refractivity contribution is -0.146. The van der Waals surface area contributed by atoms with Gasteiger partial charge in [0.05, 0.1) is 53.7 Å². The van der Waals surface area contributed by atoms with Crippen LogP contribution in [0.3, 0.4) is 0 Å². The number of carboxylic acids is 1. The summed E-state index contributed by atoms with van der Waals surface area (Å²) in [6.45, 7) is 1.08. The summed E-state index contributed by atoms with van der Waals surface area (Å²) in [5, 5.41) is 22.8. The predicted molar refractivity (Wildman–Crippen MR) is 187 cm³/mol. The molecular weight excluding hydrogens is 712 g/mol. The maximum atomic E-state index is 16.1. The number of hydrogen-bond donors (Lipinski definition) is 1. The van der Waals surface area contributed by atoms with Crippen molar-refractivity contribution in [2.75, 3.05) is 19.8 Å². The van der Waals surface area contributed by atoms with E-state index >= 15 is 4.39 Å². The van der Waals surface area contributed by atoms with Crippen molar-refractivity contribution in [3.63, 3.8) is 0 Å². The number of amides is 2. The highest BCUT2D eigenvalue weighted by molar-refractivity contribution is 8.00. The zero-order valence-electron chi connectivity index (χ0n) is 28.1. The van der Waals surface area contributed by atoms with Crippen LogP contribution in [0.2, 0.25) is 0 Å². The number of hydrogen-bond acceptors (Lipinski definition) is 9. The zero-order chi connectivity index (χ0) is 37.7. The van der Waals surface area contributed by atoms with Gasteiger partial charge in [0.1, 0.15) is 30.1 Å². The van der Waals surface area contributed by atoms with E-state index in [4.69, 9.17) is 14.7 Å². The van der Waals surface area contributed by atoms with Crippen LogP contribution in [0.1, 0.15) is 44.3 Å². The van der Waals surface area contributed by atoms with Gasteiger partial charge in [0.2, 0.25) is 0 Å². The minimum atomic E-state index is -1.76. The van der Waals surface area contributed by atoms with E-state index in [1.807, 2.05) is 6.07 Å². The van der Waals surface area contributed by atoms with Gasteiger partial charge in [-0.3, -0.25) is 24.0 Å². The van der Waals surface area contributed by atoms with E-state index in [9.17, 15) is 28.3 Å². The van der Waals surface area contributed by atoms with Crippen molar-refractivity contribution in [3.8, 4) is 6.07 Å². The zero-order valence-corrected chi connectivity index (χ0v) is 29.0. The van der Waals surface area contributed by atoms with E-state index in [2.05, 4.69) is 10.1 Å². The highest BCUT2D eigenvalue weighted by atomic mass is 32.2. The monoisotopic (exact) mass is 743 g/mol. The number of imide groups is 1. The minimum absolute atomic E-state index is 0.121. The number of halogens is 3. The number of carbonyl (C=O) groups is 3. The van der Waals surface area contributed by atoms with Gasteiger partial charge in [-0.2, -0.15) is 10.4 Å². The lowest BCUT2D eigenvalue weighted by Gasteiger charge is -2.45. The van der Waals surface area contributed by atoms with Gasteiger partial charge in [0.15, 0.2) is 6.29 Å². The molecule has 53 heavy (non-hydrogen) atoms. The van der Waals surface area contributed by atoms with E-state index in [1.54, 1.807) is 37.3 Å². The molecule has 1 fully saturated rings. The molecule has 1 aromatic heterocycles. The molecule has 1 saturated heterocycles. The van der Waals surface area contributed by atoms with Crippen molar-refractivity contribution in [2.24, 2.45) is 5.92 Å². The predicted octanol–water partition coefficient (Wildman–Crippen LogP) is 5.63. The Bertz CT molecular complexity index is 2080. The maximum Gasteiger partial charge on any atom is 0.309 e. The number of fused-ring (bicyclic) bond motifs is 1. The van der Waals surface area contributed by atoms with Gasteiger partial charge in [-0.05, 0) is 42.0 Å². The van der Waals surface area contributed by atoms with Gasteiger partial charge in [-0.25, -0.2) is 18.2 Å². The molecule has 1 N–H and O–H groups in total. The summed E-state index contributed by atoms with van der Waals surface area (Å²) in [6.07, 6.45) is 8.17. The molecular formula is C38H32F3N5O6S. The van der Waals surface area contributed by atoms with Gasteiger partial charge in [-0.1, -0.05) is 49.4 Å². The van der Waals surface area contributed by atoms with Gasteiger partial charge in [-0.15, -0.1) is 11.8 Å². The number of aromatic nitrogens is 3. The standard InChI is InChI=1S/C38H32F3N5O6S/c1-23(53-27-18-51-34(52-19-27)9-5-2-6-25-11-10-24(16-42)14-32(25)40)38(20-45-22-43-21-44-45,30-13-12-26(39)15-33(30)41)31(37(49)50)17-46-35(47)28-7-3-4-8-29(28)36(46)48/h2-15,21-23,27,31,34H,17-20H2,1H3,(H,49,50)/t23?,27?,31-,34?,38?/m1/s1. The van der Waals surface area contributed by atoms with Gasteiger partial charge in [0.25, 0.3) is 11.8 Å². The number of nitrogens with zero attached hydrogens (tertiary/aromatic N) is 5. The van der Waals surface area contributed by atoms with Crippen molar-refractivity contribution in [2.45, 2.75) is 35.7 Å². The molecule has 3 aromatic carbocycles. The Labute approximate surface area is 306 Å². The second-order valence-electron chi connectivity index (χ2n) is 12.4. The topological polar surface area (TPSA) is 148 Å². The third kappa shape index (κ3) is 7.80. The molecule has 3 heterocycles. The van der Waals surface area contributed by atoms with Gasteiger partial charge < -0.3 is 14.6 Å². The van der Waals surface area contributed by atoms with Crippen LogP contribution in [-0.2, 0) is 26.2 Å². The summed E-state index contributed by atoms with van der Waals surface area (Å²) in [5.74, 6) is -6.84. The summed E-state index contributed by atoms with van der Waals surface area (Å²) in [5.41, 5.74) is -1.17. The molecule has 0 aliphatic carbocycles. The van der Waals surface area contributed by atoms with E-state index in [0.29, 0.717) is 11.6 Å². The van der Waals surface area contributed by atoms with Gasteiger partial charge in [0, 0.05) is 28.8 Å². The number of rotatable bonds is 13. The molecule has 2 aliphatic rings. The highest BCUT2D eigenvalue weighted by Gasteiger charge is 2.54. The molecule has 6 rings (SSSR count). The number of allylic oxidation sites excluding steroid dienone is 2. The number of benzene rings is 3. The molecule has 2 unspecified atom stereocenters. The largest absolute Gasteiger partial charge is 0.481 e. The van der Waals surface area contributed by atoms with Crippen LogP contribution in [0.15, 0.2) is 91.5 Å². The van der Waals surface area contributed by atoms with Gasteiger partial charge >= 0.3 is 5.97 Å². The second kappa shape index (κ2) is 16.0. The summed E-state index contributed by atoms with van der Waals surface area (Å²) in [6, 6.07) is 15.0. The third-order valence-corrected chi connectivity index (χ3v) is 10.8. The number of nitriles is 1. The summed E-state index contributed by atoms with van der Waals surface area (Å²) in [7, 11) is 0. The van der Waals surface area contributed by atoms with E-state index in [-0.39, 0.29) is 42.0 Å². The van der Waals surface area contributed by atoms with Crippen LogP contribution in [0.4, 0.5) is 13.2 Å². The van der Waals surface area contributed by atoms with Crippen LogP contribution in [0.5, 0.6) is 0 Å². The number of thioether (sulfide) groups is 1. The molecule has 4 aromatic rings. The Hall–Kier alpha value is -5.56. The molecule has 0 radical (unpaired) electrons. The number of carboxylic acid groups (broad SMARTS) is 1. The molecule has 0 spiro atoms. The van der Waals surface area contributed by atoms with E-state index in [1.165, 1.54) is 65.5 Å². The minimum Gasteiger partial charge on any atom is -0.481 e. The number of carbonyl (C=O) groups excluding carboxylic acids is 2. The normalized spacial score (nSPS) is 19.6. The summed E-state index contributed by atoms with van der Waals surface area (Å²) >= 11 is 1.26. The Morgan fingerprint density at radius 1 is 1.06 bits per heavy atom. The first-order valence-corrected chi connectivity index (χ1v) is 17.3. The Kier molecular flexibility index (Phi) is 11.2. The van der Waals surface area contributed by atoms with Crippen molar-refractivity contribution < 1.29 is 42.1 Å². The Balaban J connectivity index is 1.27. The lowest BCUT2D eigenvalue weighted by atomic mass is 9.67. The molecule has 0 bridgehead atoms. The Morgan fingerprint density at radius 2 is 1.77 bits per heavy atom. The average Bonchev–Trinajstić information content (AvgIpc) is 3.74. The fourth-order valence-electron chi connectivity index (χ4n) is 6.66. The van der Waals surface area contributed by atoms with Crippen LogP contribution in [0, 0.1) is 34.7 Å². The molecule has 272 valence electrons. The van der Waals surface area contributed by atoms with Crippen LogP contribution in [0.25, 0.3) is 6.08 Å². The first-order valence-electron chi connectivity index (χ1n) is 16.4. The molecule has 15 heteroatoms. The molecule has 11 nitrogen and oxygen atoms in total. The lowest BCUT2D eigenvalue weighted by Crippen LogP contribution is -2.55. The third-order valence-electron chi connectivity index (χ3n) is 9.29. The first kappa shape index (κ1) is 37.2. The van der Waals surface area contributed by atoms with Crippen LogP contribution >= 0.6 is 11.8 Å². The van der Waals surface area contributed by atoms with Crippen molar-refractivity contribution in [3.05, 3.63) is 137 Å². The molecule has 0 saturated carbocycles. The highest BCUT2D eigenvalue weighted by Crippen LogP contribution is 2.47. The molecule has 2 amide bonds. The maximum absolute atomic E-state index is 16.1. The van der Waals surface area contributed by atoms with E-state index < -0.39 is 69.9 Å². The SMILES string of the molecule is CC(SC1COC(C=CC=Cc2ccc(C#N)cc2F)OC1)C(Cn1cncn1)(c1ccc(F)cc1F)[C@H](CN1C(=O)c2ccccc2C1=O)C(=O)O. The fourth-order valence-corrected chi connectivity index (χ4v) is 8.16. The van der Waals surface area contributed by atoms with Crippen LogP contribution in [-0.4, -0.2) is 79.1 Å². The summed E-state index contributed by atoms with van der Waals surface area (Å²) < 4.78 is 57.7. The number of aliphatic carboxylic acids is 1. The number of ether oxygens (including phenoxy) is 2. The second-order valence-corrected chi connectivity index (χ2v) is 14.1. The van der Waals surface area contributed by atoms with Crippen molar-refractivity contribution in [1.29, 1.82) is 5.26 Å². The average molecular weight is 744 g/mol. The van der Waals surface area contributed by atoms with Crippen molar-refractivity contribution in [1.82, 2.24) is 19.7 Å². The quantitative estimate of drug-likeness (QED) is 0.135. The van der Waals surface area contributed by atoms with Crippen molar-refractivity contribution >= 4 is 35.6 Å². The van der Waals surface area contributed by atoms with E-state index in [0.717, 1.165) is 17.0 Å². The first-order chi connectivity index (χ1) is 25.5. The summed E-state index contributed by atoms with van der Waals surface area (Å²) in [4.78, 5) is 45.2. The Morgan fingerprint density at radius 3 is 2.38 bits per heavy atom. The fraction of sp³-hybridized carbons (Fsp3) is 0.263.